The number of nitrogens with one attached hydrogen (secondary N) is 1. The molecule has 3 heteroatoms. The first-order chi connectivity index (χ1) is 6.21. The van der Waals surface area contributed by atoms with Gasteiger partial charge in [0.05, 0.1) is 6.08 Å². The lowest BCUT2D eigenvalue weighted by Crippen LogP contribution is -2.50. The molecule has 1 aromatic carbocycles. The van der Waals surface area contributed by atoms with Crippen molar-refractivity contribution in [2.75, 3.05) is 7.05 Å². The van der Waals surface area contributed by atoms with Crippen LogP contribution < -0.4 is 10.0 Å². The molecule has 0 saturated heterocycles. The van der Waals surface area contributed by atoms with E-state index in [0.29, 0.717) is 4.59 Å². The summed E-state index contributed by atoms with van der Waals surface area (Å²) < 4.78 is 0.347. The van der Waals surface area contributed by atoms with Crippen molar-refractivity contribution < 1.29 is 4.79 Å². The van der Waals surface area contributed by atoms with E-state index in [-0.39, 0.29) is 5.91 Å². The maximum absolute atomic E-state index is 11.0. The molecule has 1 unspecified atom stereocenters. The molecule has 1 amide bonds. The molecule has 0 spiro atoms. The molecule has 0 fully saturated rings. The fourth-order valence-corrected chi connectivity index (χ4v) is 1.41. The molecule has 1 N–H and O–H groups in total. The summed E-state index contributed by atoms with van der Waals surface area (Å²) in [6.45, 7) is 0. The Kier molecular flexibility index (Phi) is 1.67. The van der Waals surface area contributed by atoms with Gasteiger partial charge >= 0.3 is 0 Å². The van der Waals surface area contributed by atoms with Gasteiger partial charge in [-0.25, -0.2) is 0 Å². The number of hydrogen-bond acceptors (Lipinski definition) is 1. The minimum absolute atomic E-state index is 0.0497. The van der Waals surface area contributed by atoms with E-state index in [1.54, 1.807) is 6.08 Å². The second kappa shape index (κ2) is 2.71. The van der Waals surface area contributed by atoms with Crippen molar-refractivity contribution in [3.05, 3.63) is 42.6 Å². The third-order valence-corrected chi connectivity index (χ3v) is 2.16. The molecule has 0 aromatic heterocycles. The molecule has 0 aliphatic carbocycles. The summed E-state index contributed by atoms with van der Waals surface area (Å²) in [5, 5.41) is 0. The molecule has 1 aliphatic heterocycles. The smallest absolute Gasteiger partial charge is 0.265 e. The van der Waals surface area contributed by atoms with Crippen LogP contribution in [0.3, 0.4) is 0 Å². The fraction of sp³-hybridized carbons (Fsp3) is 0.100. The zero-order valence-electron chi connectivity index (χ0n) is 7.40. The quantitative estimate of drug-likeness (QED) is 0.638. The van der Waals surface area contributed by atoms with Gasteiger partial charge in [-0.3, -0.25) is 4.79 Å². The minimum Gasteiger partial charge on any atom is -0.265 e. The van der Waals surface area contributed by atoms with Crippen molar-refractivity contribution in [1.82, 2.24) is 10.0 Å². The van der Waals surface area contributed by atoms with Crippen molar-refractivity contribution in [3.63, 3.8) is 0 Å². The molecule has 1 heterocycles. The predicted molar refractivity (Wildman–Crippen MR) is 51.4 cm³/mol. The molecular formula is C10H11N2O+. The summed E-state index contributed by atoms with van der Waals surface area (Å²) in [4.78, 5) is 11.0. The molecule has 2 rings (SSSR count). The number of nitrogens with zero attached hydrogens (tertiary/aromatic N) is 1. The average Bonchev–Trinajstić information content (AvgIpc) is 2.49. The van der Waals surface area contributed by atoms with Crippen LogP contribution in [0.15, 0.2) is 42.6 Å². The van der Waals surface area contributed by atoms with Gasteiger partial charge in [-0.2, -0.15) is 10.0 Å². The number of amides is 1. The molecule has 66 valence electrons. The van der Waals surface area contributed by atoms with Crippen LogP contribution in [0.5, 0.6) is 0 Å². The van der Waals surface area contributed by atoms with Crippen LogP contribution in [-0.2, 0) is 4.79 Å². The highest BCUT2D eigenvalue weighted by atomic mass is 16.2. The molecule has 1 aliphatic rings. The van der Waals surface area contributed by atoms with Gasteiger partial charge in [0.2, 0.25) is 0 Å². The Labute approximate surface area is 76.8 Å². The van der Waals surface area contributed by atoms with Crippen molar-refractivity contribution in [3.8, 4) is 0 Å². The Morgan fingerprint density at radius 3 is 2.46 bits per heavy atom. The number of hydrogen-bond donors (Lipinski definition) is 1. The summed E-state index contributed by atoms with van der Waals surface area (Å²) in [5.74, 6) is -0.0497. The van der Waals surface area contributed by atoms with E-state index >= 15 is 0 Å². The van der Waals surface area contributed by atoms with Crippen LogP contribution in [0.4, 0.5) is 5.69 Å². The summed E-state index contributed by atoms with van der Waals surface area (Å²) in [6, 6.07) is 9.83. The van der Waals surface area contributed by atoms with E-state index in [4.69, 9.17) is 0 Å². The lowest BCUT2D eigenvalue weighted by molar-refractivity contribution is -0.118. The van der Waals surface area contributed by atoms with Crippen molar-refractivity contribution in [2.45, 2.75) is 0 Å². The van der Waals surface area contributed by atoms with Crippen LogP contribution >= 0.6 is 0 Å². The molecule has 13 heavy (non-hydrogen) atoms. The number of rotatable bonds is 1. The van der Waals surface area contributed by atoms with E-state index in [2.05, 4.69) is 5.43 Å². The second-order valence-electron chi connectivity index (χ2n) is 3.20. The van der Waals surface area contributed by atoms with Gasteiger partial charge in [-0.15, -0.1) is 0 Å². The van der Waals surface area contributed by atoms with E-state index in [0.717, 1.165) is 5.69 Å². The average molecular weight is 175 g/mol. The van der Waals surface area contributed by atoms with Gasteiger partial charge < -0.3 is 0 Å². The van der Waals surface area contributed by atoms with Crippen molar-refractivity contribution in [1.29, 1.82) is 0 Å². The van der Waals surface area contributed by atoms with Crippen LogP contribution in [0.1, 0.15) is 0 Å². The fourth-order valence-electron chi connectivity index (χ4n) is 1.41. The van der Waals surface area contributed by atoms with Crippen LogP contribution in [0.25, 0.3) is 0 Å². The lowest BCUT2D eigenvalue weighted by Gasteiger charge is -2.24. The summed E-state index contributed by atoms with van der Waals surface area (Å²) in [7, 11) is 1.93. The molecular weight excluding hydrogens is 164 g/mol. The standard InChI is InChI=1S/C10H10N2O/c1-12(8-7-10(13)11-12)9-5-3-2-4-6-9/h2-8H,1H3/p+1. The van der Waals surface area contributed by atoms with E-state index in [1.807, 2.05) is 43.6 Å². The maximum Gasteiger partial charge on any atom is 0.294 e. The monoisotopic (exact) mass is 175 g/mol. The van der Waals surface area contributed by atoms with Gasteiger partial charge in [0.1, 0.15) is 13.2 Å². The Morgan fingerprint density at radius 2 is 1.92 bits per heavy atom. The third kappa shape index (κ3) is 1.34. The van der Waals surface area contributed by atoms with Gasteiger partial charge in [-0.05, 0) is 0 Å². The minimum atomic E-state index is -0.0497. The molecule has 1 atom stereocenters. The first kappa shape index (κ1) is 8.01. The van der Waals surface area contributed by atoms with Crippen LogP contribution in [-0.4, -0.2) is 13.0 Å². The Bertz CT molecular complexity index is 358. The molecule has 0 saturated carbocycles. The highest BCUT2D eigenvalue weighted by Gasteiger charge is 2.29. The van der Waals surface area contributed by atoms with Gasteiger partial charge in [0.25, 0.3) is 5.91 Å². The van der Waals surface area contributed by atoms with Crippen LogP contribution in [0.2, 0.25) is 0 Å². The summed E-state index contributed by atoms with van der Waals surface area (Å²) in [6.07, 6.45) is 3.38. The number of carbonyl (C=O) groups excluding carboxylic acids is 1. The molecule has 0 radical (unpaired) electrons. The van der Waals surface area contributed by atoms with Crippen molar-refractivity contribution >= 4 is 11.6 Å². The highest BCUT2D eigenvalue weighted by molar-refractivity contribution is 5.91. The zero-order valence-corrected chi connectivity index (χ0v) is 7.40. The third-order valence-electron chi connectivity index (χ3n) is 2.16. The number of para-hydroxylation sites is 1. The lowest BCUT2D eigenvalue weighted by atomic mass is 10.3. The van der Waals surface area contributed by atoms with Gasteiger partial charge in [0.15, 0.2) is 5.69 Å². The van der Waals surface area contributed by atoms with E-state index in [9.17, 15) is 4.79 Å². The molecule has 3 nitrogen and oxygen atoms in total. The summed E-state index contributed by atoms with van der Waals surface area (Å²) in [5.41, 5.74) is 3.88. The largest absolute Gasteiger partial charge is 0.294 e. The molecule has 0 bridgehead atoms. The Morgan fingerprint density at radius 1 is 1.23 bits per heavy atom. The Balaban J connectivity index is 2.37. The van der Waals surface area contributed by atoms with Gasteiger partial charge in [-0.1, -0.05) is 18.2 Å². The van der Waals surface area contributed by atoms with E-state index in [1.165, 1.54) is 0 Å². The SMILES string of the molecule is C[N+]1(c2ccccc2)C=CC(=O)N1. The number of benzene rings is 1. The zero-order chi connectivity index (χ0) is 9.31. The first-order valence-corrected chi connectivity index (χ1v) is 4.14. The Hall–Kier alpha value is -1.61. The van der Waals surface area contributed by atoms with Crippen LogP contribution in [0, 0.1) is 0 Å². The highest BCUT2D eigenvalue weighted by Crippen LogP contribution is 2.20. The number of quaternary nitrogens is 1. The van der Waals surface area contributed by atoms with E-state index < -0.39 is 0 Å². The normalized spacial score (nSPS) is 26.1. The first-order valence-electron chi connectivity index (χ1n) is 4.14. The predicted octanol–water partition coefficient (Wildman–Crippen LogP) is 1.18. The maximum atomic E-state index is 11.0. The summed E-state index contributed by atoms with van der Waals surface area (Å²) >= 11 is 0. The number of carbonyl (C=O) groups is 1. The van der Waals surface area contributed by atoms with Crippen molar-refractivity contribution in [2.24, 2.45) is 0 Å². The topological polar surface area (TPSA) is 29.1 Å². The molecule has 1 aromatic rings. The van der Waals surface area contributed by atoms with Gasteiger partial charge in [0, 0.05) is 12.1 Å². The second-order valence-corrected chi connectivity index (χ2v) is 3.20.